The molecule has 0 bridgehead atoms. The summed E-state index contributed by atoms with van der Waals surface area (Å²) < 4.78 is 0.670. The Morgan fingerprint density at radius 3 is 3.09 bits per heavy atom. The molecule has 10 nitrogen and oxygen atoms in total. The maximum Gasteiger partial charge on any atom is 0.270 e. The van der Waals surface area contributed by atoms with Crippen molar-refractivity contribution in [3.8, 4) is 6.07 Å². The monoisotopic (exact) mass is 314 g/mol. The van der Waals surface area contributed by atoms with Crippen molar-refractivity contribution in [1.29, 1.82) is 5.26 Å². The topological polar surface area (TPSA) is 146 Å². The van der Waals surface area contributed by atoms with Crippen LogP contribution in [-0.4, -0.2) is 30.5 Å². The van der Waals surface area contributed by atoms with E-state index < -0.39 is 4.92 Å². The van der Waals surface area contributed by atoms with Gasteiger partial charge in [0.1, 0.15) is 11.6 Å². The van der Waals surface area contributed by atoms with Gasteiger partial charge in [0.25, 0.3) is 5.69 Å². The Balaban J connectivity index is 1.88. The Labute approximate surface area is 126 Å². The highest BCUT2D eigenvalue weighted by Gasteiger charge is 2.10. The average molecular weight is 314 g/mol. The van der Waals surface area contributed by atoms with E-state index in [1.807, 2.05) is 6.07 Å². The molecule has 0 atom stereocenters. The number of nitrogens with zero attached hydrogens (tertiary/aromatic N) is 6. The van der Waals surface area contributed by atoms with E-state index in [0.717, 1.165) is 0 Å². The van der Waals surface area contributed by atoms with Crippen molar-refractivity contribution >= 4 is 37.9 Å². The zero-order chi connectivity index (χ0) is 15.5. The molecule has 0 amide bonds. The number of non-ortho nitro benzene ring substituents is 1. The highest BCUT2D eigenvalue weighted by molar-refractivity contribution is 7.22. The summed E-state index contributed by atoms with van der Waals surface area (Å²) in [7, 11) is 0. The van der Waals surface area contributed by atoms with Crippen LogP contribution >= 0.6 is 11.3 Å². The van der Waals surface area contributed by atoms with Gasteiger partial charge in [-0.25, -0.2) is 4.98 Å². The van der Waals surface area contributed by atoms with Crippen molar-refractivity contribution < 1.29 is 4.92 Å². The van der Waals surface area contributed by atoms with Crippen LogP contribution in [0.1, 0.15) is 5.82 Å². The molecular weight excluding hydrogens is 308 g/mol. The average Bonchev–Trinajstić information content (AvgIpc) is 3.16. The lowest BCUT2D eigenvalue weighted by molar-refractivity contribution is -0.384. The van der Waals surface area contributed by atoms with E-state index in [4.69, 9.17) is 5.26 Å². The van der Waals surface area contributed by atoms with Crippen LogP contribution in [0.4, 0.5) is 10.8 Å². The molecule has 3 rings (SSSR count). The standard InChI is InChI=1S/C11H6N8O2S/c12-4-6(10-15-17-18-16-10)5-13-11-14-8-2-1-7(19(20)21)3-9(8)22-11/h1-3,5H,(H,13,14)(H,15,16,17,18). The largest absolute Gasteiger partial charge is 0.337 e. The molecule has 0 unspecified atom stereocenters. The minimum absolute atomic E-state index is 0.00255. The molecular formula is C11H6N8O2S. The second kappa shape index (κ2) is 5.54. The number of anilines is 1. The van der Waals surface area contributed by atoms with Crippen LogP contribution in [0, 0.1) is 21.4 Å². The summed E-state index contributed by atoms with van der Waals surface area (Å²) in [5, 5.41) is 36.2. The van der Waals surface area contributed by atoms with Crippen molar-refractivity contribution in [1.82, 2.24) is 25.6 Å². The van der Waals surface area contributed by atoms with E-state index in [1.165, 1.54) is 29.7 Å². The van der Waals surface area contributed by atoms with Gasteiger partial charge < -0.3 is 5.32 Å². The fraction of sp³-hybridized carbons (Fsp3) is 0. The third-order valence-electron chi connectivity index (χ3n) is 2.63. The van der Waals surface area contributed by atoms with Crippen LogP contribution < -0.4 is 5.32 Å². The predicted molar refractivity (Wildman–Crippen MR) is 77.7 cm³/mol. The smallest absolute Gasteiger partial charge is 0.270 e. The summed E-state index contributed by atoms with van der Waals surface area (Å²) in [5.74, 6) is 0.159. The molecule has 2 N–H and O–H groups in total. The van der Waals surface area contributed by atoms with Gasteiger partial charge in [-0.15, -0.1) is 10.2 Å². The molecule has 2 heterocycles. The molecule has 3 aromatic rings. The highest BCUT2D eigenvalue weighted by Crippen LogP contribution is 2.29. The van der Waals surface area contributed by atoms with E-state index in [0.29, 0.717) is 15.3 Å². The molecule has 108 valence electrons. The van der Waals surface area contributed by atoms with Crippen molar-refractivity contribution in [2.75, 3.05) is 5.32 Å². The van der Waals surface area contributed by atoms with Gasteiger partial charge in [0, 0.05) is 18.3 Å². The number of nitro benzene ring substituents is 1. The molecule has 0 fully saturated rings. The third kappa shape index (κ3) is 2.58. The summed E-state index contributed by atoms with van der Waals surface area (Å²) in [4.78, 5) is 14.5. The number of rotatable bonds is 4. The fourth-order valence-corrected chi connectivity index (χ4v) is 2.51. The van der Waals surface area contributed by atoms with Crippen LogP contribution in [-0.2, 0) is 0 Å². The first kappa shape index (κ1) is 13.6. The predicted octanol–water partition coefficient (Wildman–Crippen LogP) is 1.69. The Kier molecular flexibility index (Phi) is 3.42. The van der Waals surface area contributed by atoms with Gasteiger partial charge in [-0.3, -0.25) is 10.1 Å². The molecule has 0 spiro atoms. The van der Waals surface area contributed by atoms with E-state index in [-0.39, 0.29) is 17.1 Å². The van der Waals surface area contributed by atoms with Crippen LogP contribution in [0.3, 0.4) is 0 Å². The van der Waals surface area contributed by atoms with Gasteiger partial charge in [0.15, 0.2) is 5.13 Å². The lowest BCUT2D eigenvalue weighted by Crippen LogP contribution is -1.92. The minimum atomic E-state index is -0.462. The SMILES string of the molecule is N#CC(=CNc1nc2ccc([N+](=O)[O-])cc2s1)c1nn[nH]n1. The lowest BCUT2D eigenvalue weighted by Gasteiger charge is -1.93. The lowest BCUT2D eigenvalue weighted by atomic mass is 10.3. The molecule has 0 radical (unpaired) electrons. The van der Waals surface area contributed by atoms with Gasteiger partial charge in [0.2, 0.25) is 5.82 Å². The van der Waals surface area contributed by atoms with E-state index >= 15 is 0 Å². The van der Waals surface area contributed by atoms with Gasteiger partial charge >= 0.3 is 0 Å². The first-order valence-corrected chi connectivity index (χ1v) is 6.64. The molecule has 11 heteroatoms. The number of nitriles is 1. The normalized spacial score (nSPS) is 11.3. The van der Waals surface area contributed by atoms with Gasteiger partial charge in [-0.2, -0.15) is 10.5 Å². The summed E-state index contributed by atoms with van der Waals surface area (Å²) in [6.07, 6.45) is 1.40. The summed E-state index contributed by atoms with van der Waals surface area (Å²) in [6, 6.07) is 6.35. The first-order chi connectivity index (χ1) is 10.7. The summed E-state index contributed by atoms with van der Waals surface area (Å²) >= 11 is 1.23. The number of allylic oxidation sites excluding steroid dienone is 1. The maximum atomic E-state index is 10.7. The molecule has 22 heavy (non-hydrogen) atoms. The summed E-state index contributed by atoms with van der Waals surface area (Å²) in [6.45, 7) is 0. The Morgan fingerprint density at radius 2 is 2.41 bits per heavy atom. The number of nitrogens with one attached hydrogen (secondary N) is 2. The molecule has 0 aliphatic carbocycles. The quantitative estimate of drug-likeness (QED) is 0.420. The van der Waals surface area contributed by atoms with E-state index in [1.54, 1.807) is 6.07 Å². The number of tetrazole rings is 1. The first-order valence-electron chi connectivity index (χ1n) is 5.83. The van der Waals surface area contributed by atoms with Gasteiger partial charge in [-0.1, -0.05) is 11.3 Å². The van der Waals surface area contributed by atoms with Crippen molar-refractivity contribution in [3.05, 3.63) is 40.3 Å². The fourth-order valence-electron chi connectivity index (χ4n) is 1.65. The van der Waals surface area contributed by atoms with Crippen LogP contribution in [0.2, 0.25) is 0 Å². The molecule has 1 aromatic carbocycles. The van der Waals surface area contributed by atoms with Gasteiger partial charge in [-0.05, 0) is 11.3 Å². The number of H-pyrrole nitrogens is 1. The maximum absolute atomic E-state index is 10.7. The zero-order valence-corrected chi connectivity index (χ0v) is 11.5. The number of benzene rings is 1. The van der Waals surface area contributed by atoms with Crippen molar-refractivity contribution in [2.24, 2.45) is 0 Å². The molecule has 0 aliphatic heterocycles. The Bertz CT molecular complexity index is 908. The molecule has 0 aliphatic rings. The summed E-state index contributed by atoms with van der Waals surface area (Å²) in [5.41, 5.74) is 0.811. The number of aromatic amines is 1. The zero-order valence-electron chi connectivity index (χ0n) is 10.7. The Morgan fingerprint density at radius 1 is 1.55 bits per heavy atom. The van der Waals surface area contributed by atoms with E-state index in [9.17, 15) is 10.1 Å². The molecule has 0 saturated heterocycles. The highest BCUT2D eigenvalue weighted by atomic mass is 32.1. The second-order valence-corrected chi connectivity index (χ2v) is 5.01. The molecule has 2 aromatic heterocycles. The van der Waals surface area contributed by atoms with E-state index in [2.05, 4.69) is 30.9 Å². The van der Waals surface area contributed by atoms with Crippen molar-refractivity contribution in [3.63, 3.8) is 0 Å². The minimum Gasteiger partial charge on any atom is -0.337 e. The van der Waals surface area contributed by atoms with Crippen LogP contribution in [0.5, 0.6) is 0 Å². The number of aromatic nitrogens is 5. The van der Waals surface area contributed by atoms with Crippen LogP contribution in [0.25, 0.3) is 15.8 Å². The second-order valence-electron chi connectivity index (χ2n) is 3.98. The molecule has 0 saturated carbocycles. The van der Waals surface area contributed by atoms with Crippen molar-refractivity contribution in [2.45, 2.75) is 0 Å². The number of hydrogen-bond donors (Lipinski definition) is 2. The number of thiazole rings is 1. The number of hydrogen-bond acceptors (Lipinski definition) is 9. The van der Waals surface area contributed by atoms with Crippen LogP contribution in [0.15, 0.2) is 24.4 Å². The number of nitro groups is 1. The third-order valence-corrected chi connectivity index (χ3v) is 3.58. The number of fused-ring (bicyclic) bond motifs is 1. The van der Waals surface area contributed by atoms with Gasteiger partial charge in [0.05, 0.1) is 15.1 Å². The Hall–Kier alpha value is -3.39.